The second kappa shape index (κ2) is 7.79. The Labute approximate surface area is 134 Å². The molecule has 0 aliphatic carbocycles. The highest BCUT2D eigenvalue weighted by atomic mass is 32.2. The van der Waals surface area contributed by atoms with E-state index in [1.807, 2.05) is 35.8 Å². The molecule has 1 aromatic heterocycles. The van der Waals surface area contributed by atoms with Crippen LogP contribution in [0.4, 0.5) is 0 Å². The van der Waals surface area contributed by atoms with E-state index in [9.17, 15) is 4.79 Å². The van der Waals surface area contributed by atoms with Crippen LogP contribution in [0.25, 0.3) is 11.4 Å². The predicted octanol–water partition coefficient (Wildman–Crippen LogP) is 3.09. The first kappa shape index (κ1) is 16.3. The molecule has 0 spiro atoms. The Morgan fingerprint density at radius 1 is 1.41 bits per heavy atom. The highest BCUT2D eigenvalue weighted by Crippen LogP contribution is 2.26. The van der Waals surface area contributed by atoms with Gasteiger partial charge >= 0.3 is 5.97 Å². The Kier molecular flexibility index (Phi) is 5.77. The largest absolute Gasteiger partial charge is 0.465 e. The van der Waals surface area contributed by atoms with Gasteiger partial charge < -0.3 is 4.74 Å². The molecule has 0 unspecified atom stereocenters. The number of thioether (sulfide) groups is 1. The molecule has 0 fully saturated rings. The zero-order valence-electron chi connectivity index (χ0n) is 12.8. The minimum Gasteiger partial charge on any atom is -0.465 e. The molecular formula is C16H19N3O2S. The number of nitrogens with zero attached hydrogens (tertiary/aromatic N) is 3. The van der Waals surface area contributed by atoms with Crippen LogP contribution in [-0.4, -0.2) is 33.1 Å². The van der Waals surface area contributed by atoms with Crippen molar-refractivity contribution in [2.45, 2.75) is 25.5 Å². The number of rotatable bonds is 7. The van der Waals surface area contributed by atoms with Crippen molar-refractivity contribution in [2.75, 3.05) is 12.4 Å². The van der Waals surface area contributed by atoms with Gasteiger partial charge in [-0.2, -0.15) is 0 Å². The third-order valence-corrected chi connectivity index (χ3v) is 3.98. The van der Waals surface area contributed by atoms with Crippen molar-refractivity contribution in [3.63, 3.8) is 0 Å². The van der Waals surface area contributed by atoms with Crippen LogP contribution in [0.2, 0.25) is 0 Å². The Morgan fingerprint density at radius 2 is 2.18 bits per heavy atom. The number of ether oxygens (including phenoxy) is 1. The third kappa shape index (κ3) is 3.76. The van der Waals surface area contributed by atoms with Crippen LogP contribution in [0, 0.1) is 6.92 Å². The molecule has 0 atom stereocenters. The summed E-state index contributed by atoms with van der Waals surface area (Å²) in [5.74, 6) is 0.749. The molecule has 0 N–H and O–H groups in total. The second-order valence-electron chi connectivity index (χ2n) is 4.61. The van der Waals surface area contributed by atoms with Crippen LogP contribution in [0.5, 0.6) is 0 Å². The summed E-state index contributed by atoms with van der Waals surface area (Å²) in [5, 5.41) is 9.17. The first-order valence-electron chi connectivity index (χ1n) is 7.05. The molecule has 0 radical (unpaired) electrons. The molecule has 22 heavy (non-hydrogen) atoms. The fourth-order valence-corrected chi connectivity index (χ4v) is 2.78. The van der Waals surface area contributed by atoms with Gasteiger partial charge in [0.25, 0.3) is 0 Å². The summed E-state index contributed by atoms with van der Waals surface area (Å²) in [7, 11) is 0. The van der Waals surface area contributed by atoms with Crippen molar-refractivity contribution in [3.8, 4) is 11.4 Å². The number of allylic oxidation sites excluding steroid dienone is 1. The van der Waals surface area contributed by atoms with Gasteiger partial charge in [0.1, 0.15) is 0 Å². The van der Waals surface area contributed by atoms with Crippen LogP contribution in [-0.2, 0) is 16.1 Å². The number of esters is 1. The van der Waals surface area contributed by atoms with Crippen molar-refractivity contribution < 1.29 is 9.53 Å². The lowest BCUT2D eigenvalue weighted by atomic mass is 10.1. The van der Waals surface area contributed by atoms with E-state index in [1.54, 1.807) is 13.0 Å². The van der Waals surface area contributed by atoms with Gasteiger partial charge in [0.2, 0.25) is 0 Å². The maximum Gasteiger partial charge on any atom is 0.316 e. The Hall–Kier alpha value is -2.08. The quantitative estimate of drug-likeness (QED) is 0.446. The molecular weight excluding hydrogens is 298 g/mol. The summed E-state index contributed by atoms with van der Waals surface area (Å²) in [6, 6.07) is 8.01. The van der Waals surface area contributed by atoms with Crippen molar-refractivity contribution in [1.29, 1.82) is 0 Å². The number of aryl methyl sites for hydroxylation is 1. The maximum atomic E-state index is 11.5. The lowest BCUT2D eigenvalue weighted by molar-refractivity contribution is -0.139. The molecule has 2 rings (SSSR count). The van der Waals surface area contributed by atoms with Crippen molar-refractivity contribution in [2.24, 2.45) is 0 Å². The van der Waals surface area contributed by atoms with Crippen LogP contribution in [0.3, 0.4) is 0 Å². The highest BCUT2D eigenvalue weighted by molar-refractivity contribution is 7.99. The van der Waals surface area contributed by atoms with E-state index in [4.69, 9.17) is 4.74 Å². The fourth-order valence-electron chi connectivity index (χ4n) is 2.04. The highest BCUT2D eigenvalue weighted by Gasteiger charge is 2.16. The Morgan fingerprint density at radius 3 is 2.86 bits per heavy atom. The molecule has 0 aliphatic rings. The van der Waals surface area contributed by atoms with Crippen LogP contribution in [0.15, 0.2) is 42.1 Å². The third-order valence-electron chi connectivity index (χ3n) is 3.04. The molecule has 116 valence electrons. The van der Waals surface area contributed by atoms with E-state index in [2.05, 4.69) is 16.8 Å². The average molecular weight is 317 g/mol. The summed E-state index contributed by atoms with van der Waals surface area (Å²) in [4.78, 5) is 11.5. The van der Waals surface area contributed by atoms with E-state index in [0.717, 1.165) is 17.0 Å². The number of hydrogen-bond donors (Lipinski definition) is 0. The van der Waals surface area contributed by atoms with E-state index in [-0.39, 0.29) is 11.7 Å². The van der Waals surface area contributed by atoms with Crippen molar-refractivity contribution >= 4 is 17.7 Å². The lowest BCUT2D eigenvalue weighted by Crippen LogP contribution is -2.08. The van der Waals surface area contributed by atoms with Gasteiger partial charge in [-0.15, -0.1) is 16.8 Å². The molecule has 6 heteroatoms. The zero-order valence-corrected chi connectivity index (χ0v) is 13.6. The van der Waals surface area contributed by atoms with E-state index in [0.29, 0.717) is 18.3 Å². The number of hydrogen-bond acceptors (Lipinski definition) is 5. The molecule has 0 amide bonds. The molecule has 1 heterocycles. The number of benzene rings is 1. The summed E-state index contributed by atoms with van der Waals surface area (Å²) in [5.41, 5.74) is 2.15. The van der Waals surface area contributed by atoms with Crippen LogP contribution < -0.4 is 0 Å². The summed E-state index contributed by atoms with van der Waals surface area (Å²) >= 11 is 1.32. The van der Waals surface area contributed by atoms with Gasteiger partial charge in [0.15, 0.2) is 11.0 Å². The molecule has 0 saturated heterocycles. The first-order chi connectivity index (χ1) is 10.7. The second-order valence-corrected chi connectivity index (χ2v) is 5.56. The van der Waals surface area contributed by atoms with Crippen LogP contribution in [0.1, 0.15) is 12.5 Å². The lowest BCUT2D eigenvalue weighted by Gasteiger charge is -2.09. The van der Waals surface area contributed by atoms with Gasteiger partial charge in [-0.1, -0.05) is 42.1 Å². The minimum atomic E-state index is -0.252. The number of carbonyl (C=O) groups is 1. The Bertz CT molecular complexity index is 667. The topological polar surface area (TPSA) is 57.0 Å². The normalized spacial score (nSPS) is 10.5. The summed E-state index contributed by atoms with van der Waals surface area (Å²) in [6.07, 6.45) is 1.79. The van der Waals surface area contributed by atoms with E-state index in [1.165, 1.54) is 11.8 Å². The molecule has 5 nitrogen and oxygen atoms in total. The number of aromatic nitrogens is 3. The van der Waals surface area contributed by atoms with Crippen molar-refractivity contribution in [3.05, 3.63) is 42.5 Å². The molecule has 2 aromatic rings. The molecule has 0 saturated carbocycles. The smallest absolute Gasteiger partial charge is 0.316 e. The van der Waals surface area contributed by atoms with Crippen molar-refractivity contribution in [1.82, 2.24) is 14.8 Å². The zero-order chi connectivity index (χ0) is 15.9. The van der Waals surface area contributed by atoms with E-state index >= 15 is 0 Å². The summed E-state index contributed by atoms with van der Waals surface area (Å²) < 4.78 is 6.89. The Balaban J connectivity index is 2.27. The van der Waals surface area contributed by atoms with Gasteiger partial charge in [-0.05, 0) is 19.4 Å². The SMILES string of the molecule is C=CCn1c(SCC(=O)OCC)nnc1-c1ccccc1C. The van der Waals surface area contributed by atoms with Gasteiger partial charge in [-0.3, -0.25) is 9.36 Å². The van der Waals surface area contributed by atoms with Gasteiger partial charge in [-0.25, -0.2) is 0 Å². The average Bonchev–Trinajstić information content (AvgIpc) is 2.89. The molecule has 1 aromatic carbocycles. The predicted molar refractivity (Wildman–Crippen MR) is 87.7 cm³/mol. The number of carbonyl (C=O) groups excluding carboxylic acids is 1. The minimum absolute atomic E-state index is 0.219. The van der Waals surface area contributed by atoms with Crippen LogP contribution >= 0.6 is 11.8 Å². The van der Waals surface area contributed by atoms with Gasteiger partial charge in [0.05, 0.1) is 12.4 Å². The molecule has 0 aliphatic heterocycles. The van der Waals surface area contributed by atoms with E-state index < -0.39 is 0 Å². The first-order valence-corrected chi connectivity index (χ1v) is 8.04. The fraction of sp³-hybridized carbons (Fsp3) is 0.312. The standard InChI is InChI=1S/C16H19N3O2S/c1-4-10-19-15(13-9-7-6-8-12(13)3)17-18-16(19)22-11-14(20)21-5-2/h4,6-9H,1,5,10-11H2,2-3H3. The maximum absolute atomic E-state index is 11.5. The summed E-state index contributed by atoms with van der Waals surface area (Å²) in [6.45, 7) is 8.57. The monoisotopic (exact) mass is 317 g/mol. The molecule has 0 bridgehead atoms. The van der Waals surface area contributed by atoms with Gasteiger partial charge in [0, 0.05) is 12.1 Å².